The van der Waals surface area contributed by atoms with Gasteiger partial charge in [0.05, 0.1) is 0 Å². The molecule has 0 radical (unpaired) electrons. The van der Waals surface area contributed by atoms with Gasteiger partial charge in [0.1, 0.15) is 5.75 Å². The molecule has 3 N–H and O–H groups in total. The summed E-state index contributed by atoms with van der Waals surface area (Å²) in [5, 5.41) is 9.67. The van der Waals surface area contributed by atoms with E-state index in [1.807, 2.05) is 24.3 Å². The number of nitrogens with one attached hydrogen (secondary N) is 3. The predicted octanol–water partition coefficient (Wildman–Crippen LogP) is 2.47. The monoisotopic (exact) mass is 486 g/mol. The number of nitrogens with zero attached hydrogens (tertiary/aromatic N) is 1. The first kappa shape index (κ1) is 21.8. The number of hydrogen-bond acceptors (Lipinski definition) is 3. The number of ether oxygens (including phenoxy) is 1. The van der Waals surface area contributed by atoms with Crippen molar-refractivity contribution in [3.05, 3.63) is 29.8 Å². The summed E-state index contributed by atoms with van der Waals surface area (Å²) >= 11 is 0. The molecule has 1 aromatic rings. The Balaban J connectivity index is 0.00000261. The average Bonchev–Trinajstić information content (AvgIpc) is 3.55. The zero-order chi connectivity index (χ0) is 18.4. The third kappa shape index (κ3) is 7.94. The Hall–Kier alpha value is -1.51. The van der Waals surface area contributed by atoms with Gasteiger partial charge in [-0.05, 0) is 56.2 Å². The molecule has 0 spiro atoms. The number of amides is 1. The van der Waals surface area contributed by atoms with Crippen LogP contribution in [0.2, 0.25) is 0 Å². The molecule has 2 aliphatic rings. The molecule has 6 nitrogen and oxygen atoms in total. The van der Waals surface area contributed by atoms with Crippen LogP contribution >= 0.6 is 24.0 Å². The topological polar surface area (TPSA) is 74.8 Å². The van der Waals surface area contributed by atoms with Crippen LogP contribution in [0.5, 0.6) is 5.75 Å². The maximum absolute atomic E-state index is 11.6. The van der Waals surface area contributed by atoms with E-state index < -0.39 is 0 Å². The van der Waals surface area contributed by atoms with Gasteiger partial charge in [0.25, 0.3) is 5.91 Å². The second-order valence-corrected chi connectivity index (χ2v) is 7.25. The number of carbonyl (C=O) groups excluding carboxylic acids is 1. The largest absolute Gasteiger partial charge is 0.484 e. The van der Waals surface area contributed by atoms with Crippen LogP contribution in [0.4, 0.5) is 0 Å². The number of benzene rings is 1. The molecule has 27 heavy (non-hydrogen) atoms. The van der Waals surface area contributed by atoms with Crippen LogP contribution in [0.25, 0.3) is 0 Å². The molecule has 7 heteroatoms. The van der Waals surface area contributed by atoms with E-state index in [9.17, 15) is 4.79 Å². The minimum atomic E-state index is -0.0423. The average molecular weight is 486 g/mol. The minimum Gasteiger partial charge on any atom is -0.484 e. The van der Waals surface area contributed by atoms with Crippen molar-refractivity contribution in [3.63, 3.8) is 0 Å². The molecular formula is C20H31IN4O2. The van der Waals surface area contributed by atoms with Crippen LogP contribution in [0.15, 0.2) is 29.3 Å². The highest BCUT2D eigenvalue weighted by Gasteiger charge is 2.33. The number of guanidine groups is 1. The van der Waals surface area contributed by atoms with Gasteiger partial charge in [-0.2, -0.15) is 0 Å². The Morgan fingerprint density at radius 1 is 1.22 bits per heavy atom. The Kier molecular flexibility index (Phi) is 8.66. The van der Waals surface area contributed by atoms with Crippen LogP contribution < -0.4 is 20.7 Å². The molecule has 0 heterocycles. The van der Waals surface area contributed by atoms with Gasteiger partial charge in [0.15, 0.2) is 12.6 Å². The fraction of sp³-hybridized carbons (Fsp3) is 0.600. The normalized spacial score (nSPS) is 21.0. The highest BCUT2D eigenvalue weighted by molar-refractivity contribution is 14.0. The van der Waals surface area contributed by atoms with E-state index in [1.165, 1.54) is 12.0 Å². The van der Waals surface area contributed by atoms with Gasteiger partial charge >= 0.3 is 0 Å². The van der Waals surface area contributed by atoms with Gasteiger partial charge in [-0.25, -0.2) is 0 Å². The predicted molar refractivity (Wildman–Crippen MR) is 119 cm³/mol. The number of hydrogen-bond donors (Lipinski definition) is 3. The van der Waals surface area contributed by atoms with Crippen molar-refractivity contribution < 1.29 is 9.53 Å². The van der Waals surface area contributed by atoms with E-state index in [0.717, 1.165) is 50.0 Å². The number of halogens is 1. The van der Waals surface area contributed by atoms with E-state index in [1.54, 1.807) is 0 Å². The van der Waals surface area contributed by atoms with Crippen molar-refractivity contribution >= 4 is 35.8 Å². The SMILES string of the molecule is CCNC(=NCCc1ccc(OCC(=O)NC2CC2)cc1)NC1CC1C.I. The molecule has 0 aliphatic heterocycles. The van der Waals surface area contributed by atoms with Crippen molar-refractivity contribution in [2.24, 2.45) is 10.9 Å². The highest BCUT2D eigenvalue weighted by atomic mass is 127. The molecule has 1 amide bonds. The van der Waals surface area contributed by atoms with E-state index in [4.69, 9.17) is 4.74 Å². The van der Waals surface area contributed by atoms with Gasteiger partial charge in [0, 0.05) is 25.2 Å². The van der Waals surface area contributed by atoms with E-state index in [-0.39, 0.29) is 36.5 Å². The third-order valence-electron chi connectivity index (χ3n) is 4.68. The summed E-state index contributed by atoms with van der Waals surface area (Å²) in [4.78, 5) is 16.3. The Labute approximate surface area is 178 Å². The molecular weight excluding hydrogens is 455 g/mol. The van der Waals surface area contributed by atoms with Gasteiger partial charge in [-0.15, -0.1) is 24.0 Å². The Bertz CT molecular complexity index is 631. The van der Waals surface area contributed by atoms with Crippen molar-refractivity contribution in [1.29, 1.82) is 0 Å². The summed E-state index contributed by atoms with van der Waals surface area (Å²) in [7, 11) is 0. The summed E-state index contributed by atoms with van der Waals surface area (Å²) < 4.78 is 5.53. The molecule has 2 aliphatic carbocycles. The summed E-state index contributed by atoms with van der Waals surface area (Å²) in [6, 6.07) is 8.84. The molecule has 0 saturated heterocycles. The summed E-state index contributed by atoms with van der Waals surface area (Å²) in [6.07, 6.45) is 4.28. The first-order valence-corrected chi connectivity index (χ1v) is 9.70. The standard InChI is InChI=1S/C20H30N4O2.HI/c1-3-21-20(24-18-12-14(18)2)22-11-10-15-4-8-17(9-5-15)26-13-19(25)23-16-6-7-16;/h4-5,8-9,14,16,18H,3,6-7,10-13H2,1-2H3,(H,23,25)(H2,21,22,24);1H. The van der Waals surface area contributed by atoms with Gasteiger partial charge < -0.3 is 20.7 Å². The molecule has 2 fully saturated rings. The van der Waals surface area contributed by atoms with Crippen molar-refractivity contribution in [3.8, 4) is 5.75 Å². The number of rotatable bonds is 9. The molecule has 2 unspecified atom stereocenters. The van der Waals surface area contributed by atoms with E-state index in [2.05, 4.69) is 34.8 Å². The van der Waals surface area contributed by atoms with Crippen molar-refractivity contribution in [1.82, 2.24) is 16.0 Å². The van der Waals surface area contributed by atoms with Crippen molar-refractivity contribution in [2.45, 2.75) is 51.6 Å². The van der Waals surface area contributed by atoms with Gasteiger partial charge in [-0.1, -0.05) is 19.1 Å². The first-order valence-electron chi connectivity index (χ1n) is 9.70. The Morgan fingerprint density at radius 3 is 2.52 bits per heavy atom. The molecule has 150 valence electrons. The fourth-order valence-electron chi connectivity index (χ4n) is 2.71. The zero-order valence-electron chi connectivity index (χ0n) is 16.2. The lowest BCUT2D eigenvalue weighted by atomic mass is 10.1. The molecule has 0 aromatic heterocycles. The maximum atomic E-state index is 11.6. The van der Waals surface area contributed by atoms with Gasteiger partial charge in [0.2, 0.25) is 0 Å². The van der Waals surface area contributed by atoms with E-state index >= 15 is 0 Å². The molecule has 2 atom stereocenters. The zero-order valence-corrected chi connectivity index (χ0v) is 18.5. The highest BCUT2D eigenvalue weighted by Crippen LogP contribution is 2.28. The smallest absolute Gasteiger partial charge is 0.258 e. The van der Waals surface area contributed by atoms with Crippen LogP contribution in [0.1, 0.15) is 38.7 Å². The number of aliphatic imine (C=N–C) groups is 1. The summed E-state index contributed by atoms with van der Waals surface area (Å²) in [6.45, 7) is 6.02. The second kappa shape index (κ2) is 10.7. The molecule has 3 rings (SSSR count). The van der Waals surface area contributed by atoms with Crippen LogP contribution in [-0.2, 0) is 11.2 Å². The van der Waals surface area contributed by atoms with E-state index in [0.29, 0.717) is 12.1 Å². The van der Waals surface area contributed by atoms with Crippen LogP contribution in [-0.4, -0.2) is 43.6 Å². The molecule has 0 bridgehead atoms. The first-order chi connectivity index (χ1) is 12.6. The van der Waals surface area contributed by atoms with Crippen LogP contribution in [0.3, 0.4) is 0 Å². The summed E-state index contributed by atoms with van der Waals surface area (Å²) in [5.41, 5.74) is 1.21. The summed E-state index contributed by atoms with van der Waals surface area (Å²) in [5.74, 6) is 2.33. The third-order valence-corrected chi connectivity index (χ3v) is 4.68. The van der Waals surface area contributed by atoms with Crippen molar-refractivity contribution in [2.75, 3.05) is 19.7 Å². The second-order valence-electron chi connectivity index (χ2n) is 7.25. The lowest BCUT2D eigenvalue weighted by Gasteiger charge is -2.11. The van der Waals surface area contributed by atoms with Gasteiger partial charge in [-0.3, -0.25) is 9.79 Å². The van der Waals surface area contributed by atoms with Crippen LogP contribution in [0, 0.1) is 5.92 Å². The molecule has 2 saturated carbocycles. The Morgan fingerprint density at radius 2 is 1.93 bits per heavy atom. The lowest BCUT2D eigenvalue weighted by Crippen LogP contribution is -2.39. The maximum Gasteiger partial charge on any atom is 0.258 e. The number of carbonyl (C=O) groups is 1. The minimum absolute atomic E-state index is 0. The fourth-order valence-corrected chi connectivity index (χ4v) is 2.71. The lowest BCUT2D eigenvalue weighted by molar-refractivity contribution is -0.123. The molecule has 1 aromatic carbocycles. The quantitative estimate of drug-likeness (QED) is 0.285.